The first-order chi connectivity index (χ1) is 9.24. The van der Waals surface area contributed by atoms with E-state index in [1.807, 2.05) is 29.2 Å². The summed E-state index contributed by atoms with van der Waals surface area (Å²) < 4.78 is 1.00. The quantitative estimate of drug-likeness (QED) is 0.811. The highest BCUT2D eigenvalue weighted by Crippen LogP contribution is 2.31. The van der Waals surface area contributed by atoms with Crippen LogP contribution in [0.25, 0.3) is 11.1 Å². The fourth-order valence-corrected chi connectivity index (χ4v) is 2.93. The van der Waals surface area contributed by atoms with Gasteiger partial charge in [-0.05, 0) is 35.7 Å². The maximum absolute atomic E-state index is 11.8. The van der Waals surface area contributed by atoms with Crippen molar-refractivity contribution in [1.29, 1.82) is 0 Å². The van der Waals surface area contributed by atoms with Gasteiger partial charge in [0.25, 0.3) is 0 Å². The zero-order chi connectivity index (χ0) is 13.2. The van der Waals surface area contributed by atoms with E-state index in [2.05, 4.69) is 40.2 Å². The summed E-state index contributed by atoms with van der Waals surface area (Å²) in [6, 6.07) is 16.4. The minimum absolute atomic E-state index is 0.220. The molecule has 96 valence electrons. The molecule has 0 bridgehead atoms. The van der Waals surface area contributed by atoms with Crippen molar-refractivity contribution < 1.29 is 4.79 Å². The Hall–Kier alpha value is -1.61. The third-order valence-electron chi connectivity index (χ3n) is 3.37. The molecule has 0 N–H and O–H groups in total. The lowest BCUT2D eigenvalue weighted by molar-refractivity contribution is -0.117. The first kappa shape index (κ1) is 12.4. The van der Waals surface area contributed by atoms with Crippen molar-refractivity contribution in [3.05, 3.63) is 53.0 Å². The molecule has 0 radical (unpaired) electrons. The molecule has 1 aliphatic rings. The highest BCUT2D eigenvalue weighted by atomic mass is 79.9. The van der Waals surface area contributed by atoms with Crippen LogP contribution in [0.15, 0.2) is 53.0 Å². The Morgan fingerprint density at radius 1 is 1.00 bits per heavy atom. The lowest BCUT2D eigenvalue weighted by atomic mass is 10.1. The van der Waals surface area contributed by atoms with Gasteiger partial charge in [-0.1, -0.05) is 46.3 Å². The summed E-state index contributed by atoms with van der Waals surface area (Å²) in [5.74, 6) is 0.220. The van der Waals surface area contributed by atoms with Gasteiger partial charge in [0, 0.05) is 23.1 Å². The fourth-order valence-electron chi connectivity index (χ4n) is 2.45. The Labute approximate surface area is 121 Å². The molecule has 19 heavy (non-hydrogen) atoms. The van der Waals surface area contributed by atoms with E-state index < -0.39 is 0 Å². The molecule has 0 saturated carbocycles. The number of benzene rings is 2. The summed E-state index contributed by atoms with van der Waals surface area (Å²) in [7, 11) is 0. The van der Waals surface area contributed by atoms with Crippen LogP contribution >= 0.6 is 15.9 Å². The zero-order valence-electron chi connectivity index (χ0n) is 10.5. The van der Waals surface area contributed by atoms with Crippen LogP contribution in [-0.2, 0) is 4.79 Å². The van der Waals surface area contributed by atoms with Crippen LogP contribution in [0.2, 0.25) is 0 Å². The molecule has 1 amide bonds. The van der Waals surface area contributed by atoms with Crippen molar-refractivity contribution in [2.75, 3.05) is 11.4 Å². The van der Waals surface area contributed by atoms with Gasteiger partial charge in [-0.15, -0.1) is 0 Å². The van der Waals surface area contributed by atoms with Gasteiger partial charge in [-0.2, -0.15) is 0 Å². The van der Waals surface area contributed by atoms with Gasteiger partial charge in [0.15, 0.2) is 0 Å². The highest BCUT2D eigenvalue weighted by Gasteiger charge is 2.22. The van der Waals surface area contributed by atoms with E-state index in [9.17, 15) is 4.79 Å². The predicted molar refractivity (Wildman–Crippen MR) is 81.2 cm³/mol. The van der Waals surface area contributed by atoms with Crippen LogP contribution < -0.4 is 4.90 Å². The molecule has 1 heterocycles. The second-order valence-electron chi connectivity index (χ2n) is 4.71. The minimum atomic E-state index is 0.220. The molecule has 3 heteroatoms. The van der Waals surface area contributed by atoms with Gasteiger partial charge < -0.3 is 4.90 Å². The standard InChI is InChI=1S/C16H14BrNO/c17-14-9-13(12-5-2-1-3-6-12)10-15(11-14)18-8-4-7-16(18)19/h1-3,5-6,9-11H,4,7-8H2. The molecule has 2 aromatic rings. The van der Waals surface area contributed by atoms with Gasteiger partial charge >= 0.3 is 0 Å². The molecule has 2 nitrogen and oxygen atoms in total. The summed E-state index contributed by atoms with van der Waals surface area (Å²) in [4.78, 5) is 13.7. The SMILES string of the molecule is O=C1CCCN1c1cc(Br)cc(-c2ccccc2)c1. The summed E-state index contributed by atoms with van der Waals surface area (Å²) in [5.41, 5.74) is 3.28. The zero-order valence-corrected chi connectivity index (χ0v) is 12.1. The first-order valence-electron chi connectivity index (χ1n) is 6.40. The Bertz CT molecular complexity index is 609. The number of amides is 1. The van der Waals surface area contributed by atoms with Crippen LogP contribution in [-0.4, -0.2) is 12.5 Å². The van der Waals surface area contributed by atoms with Crippen LogP contribution in [0, 0.1) is 0 Å². The Morgan fingerprint density at radius 3 is 2.47 bits per heavy atom. The number of rotatable bonds is 2. The van der Waals surface area contributed by atoms with Gasteiger partial charge in [-0.3, -0.25) is 4.79 Å². The molecule has 0 unspecified atom stereocenters. The number of hydrogen-bond donors (Lipinski definition) is 0. The van der Waals surface area contributed by atoms with E-state index in [4.69, 9.17) is 0 Å². The van der Waals surface area contributed by atoms with Crippen LogP contribution in [0.1, 0.15) is 12.8 Å². The van der Waals surface area contributed by atoms with Crippen LogP contribution in [0.4, 0.5) is 5.69 Å². The molecule has 3 rings (SSSR count). The largest absolute Gasteiger partial charge is 0.312 e. The normalized spacial score (nSPS) is 15.0. The number of hydrogen-bond acceptors (Lipinski definition) is 1. The van der Waals surface area contributed by atoms with E-state index >= 15 is 0 Å². The topological polar surface area (TPSA) is 20.3 Å². The lowest BCUT2D eigenvalue weighted by Crippen LogP contribution is -2.23. The Morgan fingerprint density at radius 2 is 1.79 bits per heavy atom. The second-order valence-corrected chi connectivity index (χ2v) is 5.63. The molecule has 1 aliphatic heterocycles. The van der Waals surface area contributed by atoms with E-state index in [-0.39, 0.29) is 5.91 Å². The van der Waals surface area contributed by atoms with Gasteiger partial charge in [0.2, 0.25) is 5.91 Å². The van der Waals surface area contributed by atoms with Crippen molar-refractivity contribution in [2.24, 2.45) is 0 Å². The lowest BCUT2D eigenvalue weighted by Gasteiger charge is -2.17. The molecule has 0 spiro atoms. The van der Waals surface area contributed by atoms with Crippen molar-refractivity contribution in [1.82, 2.24) is 0 Å². The molecular formula is C16H14BrNO. The molecule has 0 aromatic heterocycles. The average Bonchev–Trinajstić information content (AvgIpc) is 2.85. The third kappa shape index (κ3) is 2.56. The number of halogens is 1. The first-order valence-corrected chi connectivity index (χ1v) is 7.20. The minimum Gasteiger partial charge on any atom is -0.312 e. The van der Waals surface area contributed by atoms with Crippen LogP contribution in [0.5, 0.6) is 0 Å². The highest BCUT2D eigenvalue weighted by molar-refractivity contribution is 9.10. The summed E-state index contributed by atoms with van der Waals surface area (Å²) in [5, 5.41) is 0. The summed E-state index contributed by atoms with van der Waals surface area (Å²) in [6.45, 7) is 0.823. The molecule has 0 atom stereocenters. The van der Waals surface area contributed by atoms with Gasteiger partial charge in [0.1, 0.15) is 0 Å². The number of carbonyl (C=O) groups is 1. The monoisotopic (exact) mass is 315 g/mol. The molecule has 2 aromatic carbocycles. The third-order valence-corrected chi connectivity index (χ3v) is 3.83. The number of carbonyl (C=O) groups excluding carboxylic acids is 1. The molecule has 1 fully saturated rings. The summed E-state index contributed by atoms with van der Waals surface area (Å²) in [6.07, 6.45) is 1.61. The van der Waals surface area contributed by atoms with E-state index in [1.54, 1.807) is 0 Å². The van der Waals surface area contributed by atoms with E-state index in [1.165, 1.54) is 0 Å². The maximum Gasteiger partial charge on any atom is 0.227 e. The Balaban J connectivity index is 2.03. The number of nitrogens with zero attached hydrogens (tertiary/aromatic N) is 1. The van der Waals surface area contributed by atoms with Crippen LogP contribution in [0.3, 0.4) is 0 Å². The average molecular weight is 316 g/mol. The van der Waals surface area contributed by atoms with E-state index in [0.29, 0.717) is 6.42 Å². The van der Waals surface area contributed by atoms with Crippen molar-refractivity contribution in [2.45, 2.75) is 12.8 Å². The van der Waals surface area contributed by atoms with E-state index in [0.717, 1.165) is 34.3 Å². The molecule has 1 saturated heterocycles. The maximum atomic E-state index is 11.8. The smallest absolute Gasteiger partial charge is 0.227 e. The van der Waals surface area contributed by atoms with Crippen molar-refractivity contribution >= 4 is 27.5 Å². The summed E-state index contributed by atoms with van der Waals surface area (Å²) >= 11 is 3.54. The second kappa shape index (κ2) is 5.17. The predicted octanol–water partition coefficient (Wildman–Crippen LogP) is 4.24. The van der Waals surface area contributed by atoms with Crippen molar-refractivity contribution in [3.8, 4) is 11.1 Å². The number of anilines is 1. The van der Waals surface area contributed by atoms with Gasteiger partial charge in [0.05, 0.1) is 0 Å². The fraction of sp³-hybridized carbons (Fsp3) is 0.188. The van der Waals surface area contributed by atoms with Gasteiger partial charge in [-0.25, -0.2) is 0 Å². The molecule has 0 aliphatic carbocycles. The molecular weight excluding hydrogens is 302 g/mol. The Kier molecular flexibility index (Phi) is 3.38. The van der Waals surface area contributed by atoms with Crippen molar-refractivity contribution in [3.63, 3.8) is 0 Å².